The van der Waals surface area contributed by atoms with Crippen LogP contribution >= 0.6 is 11.6 Å². The number of benzene rings is 1. The van der Waals surface area contributed by atoms with Crippen molar-refractivity contribution in [1.29, 1.82) is 0 Å². The maximum Gasteiger partial charge on any atom is 0.251 e. The lowest BCUT2D eigenvalue weighted by atomic mass is 9.90. The summed E-state index contributed by atoms with van der Waals surface area (Å²) in [5, 5.41) is 14.8. The average molecular weight is 425 g/mol. The smallest absolute Gasteiger partial charge is 0.251 e. The zero-order valence-electron chi connectivity index (χ0n) is 17.1. The largest absolute Gasteiger partial charge is 0.380 e. The molecule has 7 nitrogen and oxygen atoms in total. The summed E-state index contributed by atoms with van der Waals surface area (Å²) in [7, 11) is 0. The molecule has 1 aliphatic heterocycles. The molecule has 0 bridgehead atoms. The lowest BCUT2D eigenvalue weighted by Crippen LogP contribution is -2.58. The third kappa shape index (κ3) is 3.63. The van der Waals surface area contributed by atoms with E-state index in [0.29, 0.717) is 16.8 Å². The van der Waals surface area contributed by atoms with Gasteiger partial charge in [0.15, 0.2) is 10.8 Å². The highest BCUT2D eigenvalue weighted by Crippen LogP contribution is 2.28. The van der Waals surface area contributed by atoms with Gasteiger partial charge in [-0.15, -0.1) is 0 Å². The number of fused-ring (bicyclic) bond motifs is 1. The first-order valence-electron chi connectivity index (χ1n) is 10.4. The second-order valence-corrected chi connectivity index (χ2v) is 9.02. The number of nitrogens with one attached hydrogen (secondary N) is 3. The molecule has 3 N–H and O–H groups in total. The maximum absolute atomic E-state index is 12.4. The van der Waals surface area contributed by atoms with Crippen molar-refractivity contribution in [1.82, 2.24) is 25.2 Å². The Bertz CT molecular complexity index is 1130. The summed E-state index contributed by atoms with van der Waals surface area (Å²) >= 11 is 6.32. The molecule has 1 unspecified atom stereocenters. The van der Waals surface area contributed by atoms with Gasteiger partial charge < -0.3 is 16.0 Å². The molecular formula is C22H25ClN6O. The molecule has 1 saturated carbocycles. The number of nitrogens with zero attached hydrogens (tertiary/aromatic N) is 3. The number of hydrogen-bond donors (Lipinski definition) is 3. The Morgan fingerprint density at radius 2 is 2.17 bits per heavy atom. The number of carbonyl (C=O) groups is 1. The monoisotopic (exact) mass is 424 g/mol. The highest BCUT2D eigenvalue weighted by atomic mass is 35.5. The lowest BCUT2D eigenvalue weighted by Gasteiger charge is -2.40. The number of anilines is 1. The van der Waals surface area contributed by atoms with E-state index in [1.807, 2.05) is 31.2 Å². The summed E-state index contributed by atoms with van der Waals surface area (Å²) in [6, 6.07) is 7.96. The van der Waals surface area contributed by atoms with E-state index >= 15 is 0 Å². The van der Waals surface area contributed by atoms with Crippen molar-refractivity contribution < 1.29 is 4.79 Å². The van der Waals surface area contributed by atoms with Gasteiger partial charge in [-0.05, 0) is 57.4 Å². The van der Waals surface area contributed by atoms with Gasteiger partial charge in [0.2, 0.25) is 0 Å². The Kier molecular flexibility index (Phi) is 4.67. The second-order valence-electron chi connectivity index (χ2n) is 8.63. The van der Waals surface area contributed by atoms with Crippen molar-refractivity contribution in [2.24, 2.45) is 0 Å². The Morgan fingerprint density at radius 3 is 2.83 bits per heavy atom. The van der Waals surface area contributed by atoms with Crippen LogP contribution in [0.5, 0.6) is 0 Å². The summed E-state index contributed by atoms with van der Waals surface area (Å²) in [6.45, 7) is 5.99. The molecule has 1 aromatic carbocycles. The minimum absolute atomic E-state index is 0.00885. The van der Waals surface area contributed by atoms with Gasteiger partial charge in [0.1, 0.15) is 0 Å². The van der Waals surface area contributed by atoms with Crippen molar-refractivity contribution in [2.75, 3.05) is 18.4 Å². The molecule has 1 amide bonds. The molecule has 2 fully saturated rings. The molecular weight excluding hydrogens is 400 g/mol. The normalized spacial score (nSPS) is 20.8. The minimum atomic E-state index is -0.00885. The van der Waals surface area contributed by atoms with E-state index < -0.39 is 0 Å². The number of imidazole rings is 1. The molecule has 1 aliphatic carbocycles. The second kappa shape index (κ2) is 7.25. The van der Waals surface area contributed by atoms with E-state index in [4.69, 9.17) is 11.6 Å². The van der Waals surface area contributed by atoms with Crippen LogP contribution in [0.15, 0.2) is 30.5 Å². The van der Waals surface area contributed by atoms with Crippen molar-refractivity contribution in [3.8, 4) is 11.3 Å². The predicted molar refractivity (Wildman–Crippen MR) is 118 cm³/mol. The molecule has 1 saturated heterocycles. The van der Waals surface area contributed by atoms with E-state index in [1.165, 1.54) is 0 Å². The number of amides is 1. The number of aromatic nitrogens is 3. The molecule has 3 aromatic rings. The SMILES string of the molecule is Cc1cc(-c2cnc3c(NCC4(C)CCN4)cc(Cl)nn23)ccc1C(=O)NC1CC1. The summed E-state index contributed by atoms with van der Waals surface area (Å²) in [4.78, 5) is 17.0. The van der Waals surface area contributed by atoms with Crippen LogP contribution in [0.2, 0.25) is 5.15 Å². The maximum atomic E-state index is 12.4. The zero-order chi connectivity index (χ0) is 20.9. The Balaban J connectivity index is 1.45. The Labute approximate surface area is 180 Å². The first-order chi connectivity index (χ1) is 14.4. The standard InChI is InChI=1S/C22H25ClN6O/c1-13-9-14(3-6-16(13)21(30)27-15-4-5-15)18-11-24-20-17(10-19(23)28-29(18)20)25-12-22(2)7-8-26-22/h3,6,9-11,15,25-26H,4-5,7-8,12H2,1-2H3,(H,27,30). The van der Waals surface area contributed by atoms with Gasteiger partial charge in [-0.2, -0.15) is 5.10 Å². The highest BCUT2D eigenvalue weighted by molar-refractivity contribution is 6.29. The molecule has 2 aliphatic rings. The van der Waals surface area contributed by atoms with Crippen LogP contribution in [0.4, 0.5) is 5.69 Å². The summed E-state index contributed by atoms with van der Waals surface area (Å²) in [6.07, 6.45) is 5.08. The fraction of sp³-hybridized carbons (Fsp3) is 0.409. The molecule has 5 rings (SSSR count). The quantitative estimate of drug-likeness (QED) is 0.564. The number of aryl methyl sites for hydroxylation is 1. The van der Waals surface area contributed by atoms with Crippen LogP contribution in [0.3, 0.4) is 0 Å². The Hall–Kier alpha value is -2.64. The number of carbonyl (C=O) groups excluding carboxylic acids is 1. The van der Waals surface area contributed by atoms with Crippen LogP contribution in [-0.2, 0) is 0 Å². The average Bonchev–Trinajstić information content (AvgIpc) is 3.40. The van der Waals surface area contributed by atoms with E-state index in [9.17, 15) is 4.79 Å². The fourth-order valence-electron chi connectivity index (χ4n) is 3.83. The first kappa shape index (κ1) is 19.3. The molecule has 1 atom stereocenters. The predicted octanol–water partition coefficient (Wildman–Crippen LogP) is 3.41. The molecule has 3 heterocycles. The van der Waals surface area contributed by atoms with Gasteiger partial charge in [-0.1, -0.05) is 17.7 Å². The van der Waals surface area contributed by atoms with Gasteiger partial charge in [0.05, 0.1) is 17.6 Å². The number of rotatable bonds is 6. The summed E-state index contributed by atoms with van der Waals surface area (Å²) < 4.78 is 1.76. The van der Waals surface area contributed by atoms with E-state index in [2.05, 4.69) is 33.0 Å². The van der Waals surface area contributed by atoms with Gasteiger partial charge in [-0.3, -0.25) is 4.79 Å². The first-order valence-corrected chi connectivity index (χ1v) is 10.7. The molecule has 30 heavy (non-hydrogen) atoms. The molecule has 0 spiro atoms. The van der Waals surface area contributed by atoms with E-state index in [1.54, 1.807) is 10.7 Å². The summed E-state index contributed by atoms with van der Waals surface area (Å²) in [5.74, 6) is -0.00885. The van der Waals surface area contributed by atoms with Crippen LogP contribution in [0.1, 0.15) is 42.1 Å². The number of halogens is 1. The summed E-state index contributed by atoms with van der Waals surface area (Å²) in [5.41, 5.74) is 5.07. The third-order valence-corrected chi connectivity index (χ3v) is 6.20. The van der Waals surface area contributed by atoms with E-state index in [-0.39, 0.29) is 11.4 Å². The van der Waals surface area contributed by atoms with Crippen molar-refractivity contribution in [3.63, 3.8) is 0 Å². The molecule has 2 aromatic heterocycles. The van der Waals surface area contributed by atoms with E-state index in [0.717, 1.165) is 60.5 Å². The minimum Gasteiger partial charge on any atom is -0.380 e. The third-order valence-electron chi connectivity index (χ3n) is 6.01. The zero-order valence-corrected chi connectivity index (χ0v) is 17.9. The van der Waals surface area contributed by atoms with Crippen molar-refractivity contribution in [2.45, 2.75) is 44.7 Å². The van der Waals surface area contributed by atoms with Gasteiger partial charge in [0, 0.05) is 35.3 Å². The highest BCUT2D eigenvalue weighted by Gasteiger charge is 2.31. The van der Waals surface area contributed by atoms with Crippen molar-refractivity contribution in [3.05, 3.63) is 46.7 Å². The molecule has 8 heteroatoms. The van der Waals surface area contributed by atoms with Gasteiger partial charge in [-0.25, -0.2) is 9.50 Å². The molecule has 0 radical (unpaired) electrons. The fourth-order valence-corrected chi connectivity index (χ4v) is 4.01. The van der Waals surface area contributed by atoms with Gasteiger partial charge in [0.25, 0.3) is 5.91 Å². The van der Waals surface area contributed by atoms with Gasteiger partial charge >= 0.3 is 0 Å². The number of hydrogen-bond acceptors (Lipinski definition) is 5. The Morgan fingerprint density at radius 1 is 1.37 bits per heavy atom. The topological polar surface area (TPSA) is 83.3 Å². The molecule has 156 valence electrons. The van der Waals surface area contributed by atoms with Crippen LogP contribution in [0, 0.1) is 6.92 Å². The van der Waals surface area contributed by atoms with Crippen LogP contribution in [-0.4, -0.2) is 45.2 Å². The van der Waals surface area contributed by atoms with Crippen LogP contribution in [0.25, 0.3) is 16.9 Å². The van der Waals surface area contributed by atoms with Crippen molar-refractivity contribution >= 4 is 28.8 Å². The lowest BCUT2D eigenvalue weighted by molar-refractivity contribution is 0.0950. The van der Waals surface area contributed by atoms with Crippen LogP contribution < -0.4 is 16.0 Å².